The van der Waals surface area contributed by atoms with Crippen LogP contribution in [0.3, 0.4) is 0 Å². The van der Waals surface area contributed by atoms with E-state index >= 15 is 0 Å². The summed E-state index contributed by atoms with van der Waals surface area (Å²) in [7, 11) is 3.25. The Morgan fingerprint density at radius 1 is 1.33 bits per heavy atom. The van der Waals surface area contributed by atoms with E-state index in [0.717, 1.165) is 0 Å². The minimum Gasteiger partial charge on any atom is -0.346 e. The Bertz CT molecular complexity index is 474. The molecule has 96 valence electrons. The fourth-order valence-corrected chi connectivity index (χ4v) is 1.69. The number of rotatable bonds is 2. The molecule has 1 aromatic carbocycles. The number of urea groups is 1. The topological polar surface area (TPSA) is 64.7 Å². The number of carbonyl (C=O) groups is 2. The third-order valence-corrected chi connectivity index (χ3v) is 2.75. The summed E-state index contributed by atoms with van der Waals surface area (Å²) < 4.78 is 0. The SMILES string of the molecule is CN(C)C(=O)C1NC(=O)N(c2ccc(Cl)cc2)N1. The van der Waals surface area contributed by atoms with Crippen LogP contribution in [0.15, 0.2) is 24.3 Å². The maximum absolute atomic E-state index is 11.7. The van der Waals surface area contributed by atoms with Crippen molar-refractivity contribution in [1.29, 1.82) is 0 Å². The number of hydrogen-bond donors (Lipinski definition) is 2. The maximum atomic E-state index is 11.7. The average molecular weight is 269 g/mol. The fraction of sp³-hybridized carbons (Fsp3) is 0.273. The van der Waals surface area contributed by atoms with Crippen LogP contribution in [0.25, 0.3) is 0 Å². The molecule has 0 aliphatic carbocycles. The lowest BCUT2D eigenvalue weighted by Gasteiger charge is -2.17. The molecule has 18 heavy (non-hydrogen) atoms. The van der Waals surface area contributed by atoms with Crippen LogP contribution >= 0.6 is 11.6 Å². The zero-order valence-corrected chi connectivity index (χ0v) is 10.7. The standard InChI is InChI=1S/C11H13ClN4O2/c1-15(2)10(17)9-13-11(18)16(14-9)8-5-3-7(12)4-6-8/h3-6,9,14H,1-2H3,(H,13,18). The molecule has 0 spiro atoms. The van der Waals surface area contributed by atoms with Gasteiger partial charge < -0.3 is 10.2 Å². The van der Waals surface area contributed by atoms with Gasteiger partial charge in [0.1, 0.15) is 0 Å². The summed E-state index contributed by atoms with van der Waals surface area (Å²) >= 11 is 5.78. The molecule has 2 N–H and O–H groups in total. The third kappa shape index (κ3) is 2.39. The van der Waals surface area contributed by atoms with Gasteiger partial charge in [0.15, 0.2) is 6.17 Å². The van der Waals surface area contributed by atoms with Crippen molar-refractivity contribution in [1.82, 2.24) is 15.6 Å². The normalized spacial score (nSPS) is 18.7. The third-order valence-electron chi connectivity index (χ3n) is 2.50. The fourth-order valence-electron chi connectivity index (χ4n) is 1.57. The lowest BCUT2D eigenvalue weighted by Crippen LogP contribution is -2.48. The summed E-state index contributed by atoms with van der Waals surface area (Å²) in [6.45, 7) is 0. The van der Waals surface area contributed by atoms with E-state index in [1.165, 1.54) is 9.91 Å². The largest absolute Gasteiger partial charge is 0.346 e. The van der Waals surface area contributed by atoms with Gasteiger partial charge in [-0.25, -0.2) is 9.80 Å². The van der Waals surface area contributed by atoms with Crippen molar-refractivity contribution < 1.29 is 9.59 Å². The molecule has 1 atom stereocenters. The highest BCUT2D eigenvalue weighted by molar-refractivity contribution is 6.30. The molecule has 1 unspecified atom stereocenters. The summed E-state index contributed by atoms with van der Waals surface area (Å²) in [5.41, 5.74) is 3.41. The first-order valence-corrected chi connectivity index (χ1v) is 5.70. The average Bonchev–Trinajstić information content (AvgIpc) is 2.71. The molecule has 3 amide bonds. The van der Waals surface area contributed by atoms with E-state index in [9.17, 15) is 9.59 Å². The van der Waals surface area contributed by atoms with Gasteiger partial charge in [-0.3, -0.25) is 4.79 Å². The molecule has 1 saturated heterocycles. The first kappa shape index (κ1) is 12.7. The molecule has 1 fully saturated rings. The van der Waals surface area contributed by atoms with E-state index < -0.39 is 6.17 Å². The van der Waals surface area contributed by atoms with Gasteiger partial charge in [0.2, 0.25) is 0 Å². The molecule has 1 aliphatic rings. The van der Waals surface area contributed by atoms with Crippen molar-refractivity contribution in [2.75, 3.05) is 19.1 Å². The zero-order valence-electron chi connectivity index (χ0n) is 9.98. The summed E-state index contributed by atoms with van der Waals surface area (Å²) in [6, 6.07) is 6.35. The van der Waals surface area contributed by atoms with Gasteiger partial charge in [0, 0.05) is 19.1 Å². The molecule has 0 saturated carbocycles. The monoisotopic (exact) mass is 268 g/mol. The van der Waals surface area contributed by atoms with Gasteiger partial charge in [-0.15, -0.1) is 0 Å². The first-order valence-electron chi connectivity index (χ1n) is 5.32. The van der Waals surface area contributed by atoms with Crippen LogP contribution in [0.1, 0.15) is 0 Å². The highest BCUT2D eigenvalue weighted by Crippen LogP contribution is 2.18. The Hall–Kier alpha value is -1.79. The highest BCUT2D eigenvalue weighted by Gasteiger charge is 2.34. The molecule has 0 radical (unpaired) electrons. The van der Waals surface area contributed by atoms with Gasteiger partial charge in [0.05, 0.1) is 5.69 Å². The van der Waals surface area contributed by atoms with Crippen LogP contribution in [0, 0.1) is 0 Å². The molecular weight excluding hydrogens is 256 g/mol. The lowest BCUT2D eigenvalue weighted by molar-refractivity contribution is -0.131. The van der Waals surface area contributed by atoms with E-state index in [1.807, 2.05) is 0 Å². The summed E-state index contributed by atoms with van der Waals surface area (Å²) in [6.07, 6.45) is -0.747. The van der Waals surface area contributed by atoms with E-state index in [1.54, 1.807) is 38.4 Å². The van der Waals surface area contributed by atoms with Crippen molar-refractivity contribution >= 4 is 29.2 Å². The number of likely N-dealkylation sites (N-methyl/N-ethyl adjacent to an activating group) is 1. The van der Waals surface area contributed by atoms with Crippen LogP contribution in [-0.2, 0) is 4.79 Å². The van der Waals surface area contributed by atoms with Crippen molar-refractivity contribution in [3.8, 4) is 0 Å². The van der Waals surface area contributed by atoms with E-state index in [-0.39, 0.29) is 11.9 Å². The molecule has 1 heterocycles. The Morgan fingerprint density at radius 2 is 1.94 bits per heavy atom. The van der Waals surface area contributed by atoms with Crippen LogP contribution in [0.2, 0.25) is 5.02 Å². The first-order chi connectivity index (χ1) is 8.49. The van der Waals surface area contributed by atoms with Crippen molar-refractivity contribution in [2.45, 2.75) is 6.17 Å². The minimum absolute atomic E-state index is 0.222. The second-order valence-electron chi connectivity index (χ2n) is 4.06. The number of hydrogen-bond acceptors (Lipinski definition) is 3. The summed E-state index contributed by atoms with van der Waals surface area (Å²) in [4.78, 5) is 24.9. The Labute approximate surface area is 109 Å². The van der Waals surface area contributed by atoms with E-state index in [2.05, 4.69) is 10.7 Å². The van der Waals surface area contributed by atoms with Gasteiger partial charge in [0.25, 0.3) is 5.91 Å². The number of amides is 3. The second-order valence-corrected chi connectivity index (χ2v) is 4.49. The Morgan fingerprint density at radius 3 is 2.50 bits per heavy atom. The number of hydrazine groups is 1. The molecule has 6 nitrogen and oxygen atoms in total. The van der Waals surface area contributed by atoms with Crippen molar-refractivity contribution in [3.05, 3.63) is 29.3 Å². The predicted molar refractivity (Wildman–Crippen MR) is 68.1 cm³/mol. The Balaban J connectivity index is 2.15. The predicted octanol–water partition coefficient (Wildman–Crippen LogP) is 0.789. The Kier molecular flexibility index (Phi) is 3.40. The quantitative estimate of drug-likeness (QED) is 0.833. The molecular formula is C11H13ClN4O2. The van der Waals surface area contributed by atoms with Crippen LogP contribution in [0.5, 0.6) is 0 Å². The van der Waals surface area contributed by atoms with Gasteiger partial charge in [-0.1, -0.05) is 11.6 Å². The zero-order chi connectivity index (χ0) is 13.3. The molecule has 2 rings (SSSR count). The number of nitrogens with zero attached hydrogens (tertiary/aromatic N) is 2. The molecule has 7 heteroatoms. The molecule has 0 bridgehead atoms. The number of nitrogens with one attached hydrogen (secondary N) is 2. The number of halogens is 1. The summed E-state index contributed by atoms with van der Waals surface area (Å²) in [5, 5.41) is 4.41. The second kappa shape index (κ2) is 4.83. The smallest absolute Gasteiger partial charge is 0.338 e. The van der Waals surface area contributed by atoms with E-state index in [0.29, 0.717) is 10.7 Å². The molecule has 0 aromatic heterocycles. The van der Waals surface area contributed by atoms with Gasteiger partial charge >= 0.3 is 6.03 Å². The highest BCUT2D eigenvalue weighted by atomic mass is 35.5. The lowest BCUT2D eigenvalue weighted by atomic mass is 10.3. The minimum atomic E-state index is -0.747. The summed E-state index contributed by atoms with van der Waals surface area (Å²) in [5.74, 6) is -0.222. The number of benzene rings is 1. The van der Waals surface area contributed by atoms with Crippen molar-refractivity contribution in [3.63, 3.8) is 0 Å². The molecule has 1 aromatic rings. The van der Waals surface area contributed by atoms with Crippen LogP contribution < -0.4 is 15.8 Å². The van der Waals surface area contributed by atoms with Gasteiger partial charge in [-0.2, -0.15) is 5.43 Å². The van der Waals surface area contributed by atoms with Crippen LogP contribution in [0.4, 0.5) is 10.5 Å². The van der Waals surface area contributed by atoms with Crippen molar-refractivity contribution in [2.24, 2.45) is 0 Å². The van der Waals surface area contributed by atoms with Crippen LogP contribution in [-0.4, -0.2) is 37.1 Å². The van der Waals surface area contributed by atoms with E-state index in [4.69, 9.17) is 11.6 Å². The molecule has 1 aliphatic heterocycles. The number of carbonyl (C=O) groups excluding carboxylic acids is 2. The number of anilines is 1. The van der Waals surface area contributed by atoms with Gasteiger partial charge in [-0.05, 0) is 24.3 Å². The maximum Gasteiger partial charge on any atom is 0.338 e.